The summed E-state index contributed by atoms with van der Waals surface area (Å²) in [4.78, 5) is 14.8. The highest BCUT2D eigenvalue weighted by molar-refractivity contribution is 5.96. The van der Waals surface area contributed by atoms with Gasteiger partial charge in [-0.05, 0) is 6.92 Å². The summed E-state index contributed by atoms with van der Waals surface area (Å²) in [6, 6.07) is 0. The minimum atomic E-state index is -0.103. The van der Waals surface area contributed by atoms with E-state index in [1.807, 2.05) is 27.1 Å². The van der Waals surface area contributed by atoms with Gasteiger partial charge in [0.25, 0.3) is 5.91 Å². The molecule has 0 N–H and O–H groups in total. The number of rotatable bonds is 4. The maximum atomic E-state index is 13.0. The lowest BCUT2D eigenvalue weighted by atomic mass is 10.0. The fourth-order valence-corrected chi connectivity index (χ4v) is 3.20. The summed E-state index contributed by atoms with van der Waals surface area (Å²) in [5.41, 5.74) is 2.03. The Labute approximate surface area is 140 Å². The summed E-state index contributed by atoms with van der Waals surface area (Å²) in [5.74, 6) is 0.678. The number of methoxy groups -OCH3 is 1. The first-order chi connectivity index (χ1) is 11.4. The van der Waals surface area contributed by atoms with Crippen molar-refractivity contribution in [2.24, 2.45) is 7.05 Å². The van der Waals surface area contributed by atoms with Crippen molar-refractivity contribution in [1.29, 1.82) is 0 Å². The van der Waals surface area contributed by atoms with Gasteiger partial charge in [0.1, 0.15) is 5.56 Å². The molecule has 3 heterocycles. The Morgan fingerprint density at radius 3 is 2.75 bits per heavy atom. The Balaban J connectivity index is 1.86. The van der Waals surface area contributed by atoms with Crippen LogP contribution in [0.1, 0.15) is 53.2 Å². The Kier molecular flexibility index (Phi) is 4.40. The van der Waals surface area contributed by atoms with Crippen molar-refractivity contribution in [2.75, 3.05) is 20.2 Å². The van der Waals surface area contributed by atoms with Crippen molar-refractivity contribution in [2.45, 2.75) is 38.7 Å². The molecule has 0 unspecified atom stereocenters. The molecule has 8 heteroatoms. The number of carbonyl (C=O) groups excluding carboxylic acids is 1. The molecule has 0 aliphatic carbocycles. The second-order valence-electron chi connectivity index (χ2n) is 6.57. The molecule has 0 bridgehead atoms. The van der Waals surface area contributed by atoms with Gasteiger partial charge in [-0.2, -0.15) is 0 Å². The van der Waals surface area contributed by atoms with E-state index in [1.165, 1.54) is 0 Å². The Hall–Kier alpha value is -2.22. The van der Waals surface area contributed by atoms with Crippen LogP contribution in [0.25, 0.3) is 0 Å². The highest BCUT2D eigenvalue weighted by atomic mass is 16.5. The molecular formula is C16H23N5O3. The third kappa shape index (κ3) is 2.82. The number of carbonyl (C=O) groups is 1. The maximum absolute atomic E-state index is 13.0. The van der Waals surface area contributed by atoms with Gasteiger partial charge in [-0.1, -0.05) is 24.2 Å². The van der Waals surface area contributed by atoms with Gasteiger partial charge in [-0.15, -0.1) is 5.10 Å². The van der Waals surface area contributed by atoms with Crippen molar-refractivity contribution in [3.8, 4) is 0 Å². The minimum Gasteiger partial charge on any atom is -0.379 e. The van der Waals surface area contributed by atoms with E-state index in [-0.39, 0.29) is 23.8 Å². The van der Waals surface area contributed by atoms with E-state index in [0.29, 0.717) is 30.1 Å². The third-order valence-corrected chi connectivity index (χ3v) is 4.48. The first kappa shape index (κ1) is 16.6. The molecule has 1 aliphatic rings. The van der Waals surface area contributed by atoms with Crippen LogP contribution in [0, 0.1) is 6.92 Å². The van der Waals surface area contributed by atoms with Crippen LogP contribution >= 0.6 is 0 Å². The fraction of sp³-hybridized carbons (Fsp3) is 0.625. The van der Waals surface area contributed by atoms with E-state index in [4.69, 9.17) is 9.26 Å². The highest BCUT2D eigenvalue weighted by Crippen LogP contribution is 2.31. The van der Waals surface area contributed by atoms with Gasteiger partial charge in [0.15, 0.2) is 5.76 Å². The van der Waals surface area contributed by atoms with Gasteiger partial charge in [0.2, 0.25) is 0 Å². The van der Waals surface area contributed by atoms with Crippen molar-refractivity contribution in [3.63, 3.8) is 0 Å². The summed E-state index contributed by atoms with van der Waals surface area (Å²) in [6.07, 6.45) is 1.77. The summed E-state index contributed by atoms with van der Waals surface area (Å²) >= 11 is 0. The summed E-state index contributed by atoms with van der Waals surface area (Å²) in [6.45, 7) is 6.83. The monoisotopic (exact) mass is 333 g/mol. The number of likely N-dealkylation sites (tertiary alicyclic amines) is 1. The van der Waals surface area contributed by atoms with Crippen LogP contribution in [0.4, 0.5) is 0 Å². The van der Waals surface area contributed by atoms with Crippen molar-refractivity contribution >= 4 is 5.91 Å². The van der Waals surface area contributed by atoms with E-state index in [1.54, 1.807) is 23.6 Å². The van der Waals surface area contributed by atoms with Crippen LogP contribution in [0.3, 0.4) is 0 Å². The normalized spacial score (nSPS) is 21.0. The molecule has 8 nitrogen and oxygen atoms in total. The van der Waals surface area contributed by atoms with E-state index in [9.17, 15) is 4.79 Å². The van der Waals surface area contributed by atoms with Crippen molar-refractivity contribution < 1.29 is 14.1 Å². The second kappa shape index (κ2) is 6.35. The van der Waals surface area contributed by atoms with E-state index < -0.39 is 0 Å². The lowest BCUT2D eigenvalue weighted by molar-refractivity contribution is 0.0711. The van der Waals surface area contributed by atoms with Crippen LogP contribution in [0.5, 0.6) is 0 Å². The second-order valence-corrected chi connectivity index (χ2v) is 6.57. The molecule has 0 spiro atoms. The fourth-order valence-electron chi connectivity index (χ4n) is 3.20. The van der Waals surface area contributed by atoms with Crippen LogP contribution in [0.15, 0.2) is 10.7 Å². The smallest absolute Gasteiger partial charge is 0.259 e. The zero-order valence-corrected chi connectivity index (χ0v) is 14.7. The summed E-state index contributed by atoms with van der Waals surface area (Å²) in [5, 5.41) is 12.1. The molecule has 1 fully saturated rings. The average Bonchev–Trinajstić information content (AvgIpc) is 3.23. The lowest BCUT2D eigenvalue weighted by Crippen LogP contribution is -2.31. The molecule has 130 valence electrons. The number of aryl methyl sites for hydroxylation is 2. The number of hydrogen-bond acceptors (Lipinski definition) is 6. The topological polar surface area (TPSA) is 86.3 Å². The molecule has 2 aromatic heterocycles. The molecule has 0 radical (unpaired) electrons. The average molecular weight is 333 g/mol. The molecule has 1 aliphatic heterocycles. The van der Waals surface area contributed by atoms with Gasteiger partial charge < -0.3 is 14.2 Å². The number of nitrogens with zero attached hydrogens (tertiary/aromatic N) is 5. The van der Waals surface area contributed by atoms with E-state index in [0.717, 1.165) is 5.69 Å². The molecule has 1 saturated heterocycles. The predicted octanol–water partition coefficient (Wildman–Crippen LogP) is 1.49. The molecule has 1 amide bonds. The quantitative estimate of drug-likeness (QED) is 0.842. The first-order valence-electron chi connectivity index (χ1n) is 8.06. The molecule has 0 saturated carbocycles. The van der Waals surface area contributed by atoms with Crippen molar-refractivity contribution in [3.05, 3.63) is 28.9 Å². The largest absolute Gasteiger partial charge is 0.379 e. The van der Waals surface area contributed by atoms with Gasteiger partial charge in [0.05, 0.1) is 23.4 Å². The minimum absolute atomic E-state index is 0.00955. The molecule has 2 atom stereocenters. The van der Waals surface area contributed by atoms with Crippen LogP contribution < -0.4 is 0 Å². The molecule has 0 aromatic carbocycles. The Bertz CT molecular complexity index is 736. The van der Waals surface area contributed by atoms with Gasteiger partial charge in [-0.3, -0.25) is 9.48 Å². The Morgan fingerprint density at radius 2 is 2.17 bits per heavy atom. The van der Waals surface area contributed by atoms with Crippen LogP contribution in [-0.2, 0) is 11.8 Å². The lowest BCUT2D eigenvalue weighted by Gasteiger charge is -2.16. The van der Waals surface area contributed by atoms with E-state index in [2.05, 4.69) is 15.5 Å². The summed E-state index contributed by atoms with van der Waals surface area (Å²) < 4.78 is 12.6. The molecule has 3 rings (SSSR count). The number of ether oxygens (including phenoxy) is 1. The molecule has 24 heavy (non-hydrogen) atoms. The molecule has 2 aromatic rings. The zero-order chi connectivity index (χ0) is 17.4. The number of hydrogen-bond donors (Lipinski definition) is 0. The maximum Gasteiger partial charge on any atom is 0.259 e. The highest BCUT2D eigenvalue weighted by Gasteiger charge is 2.40. The van der Waals surface area contributed by atoms with Crippen LogP contribution in [0.2, 0.25) is 0 Å². The first-order valence-corrected chi connectivity index (χ1v) is 8.06. The number of amides is 1. The number of aromatic nitrogens is 4. The van der Waals surface area contributed by atoms with Gasteiger partial charge >= 0.3 is 0 Å². The van der Waals surface area contributed by atoms with Crippen molar-refractivity contribution in [1.82, 2.24) is 25.1 Å². The van der Waals surface area contributed by atoms with Gasteiger partial charge in [0, 0.05) is 39.4 Å². The SMILES string of the molecule is CO[C@@H]1CN(C(=O)c2c(C)noc2C(C)C)C[C@H]1c1cn(C)nn1. The standard InChI is InChI=1S/C16H23N5O3/c1-9(2)15-14(10(3)18-24-15)16(22)21-6-11(13(8-21)23-5)12-7-20(4)19-17-12/h7,9,11,13H,6,8H2,1-5H3/t11-,13+/m0/s1. The summed E-state index contributed by atoms with van der Waals surface area (Å²) in [7, 11) is 3.48. The molecular weight excluding hydrogens is 310 g/mol. The van der Waals surface area contributed by atoms with Gasteiger partial charge in [-0.25, -0.2) is 0 Å². The van der Waals surface area contributed by atoms with E-state index >= 15 is 0 Å². The third-order valence-electron chi connectivity index (χ3n) is 4.48. The zero-order valence-electron chi connectivity index (χ0n) is 14.7. The van der Waals surface area contributed by atoms with Crippen LogP contribution in [-0.4, -0.2) is 57.3 Å². The predicted molar refractivity (Wildman–Crippen MR) is 85.8 cm³/mol. The Morgan fingerprint density at radius 1 is 1.42 bits per heavy atom.